The van der Waals surface area contributed by atoms with Crippen LogP contribution in [0.4, 0.5) is 5.69 Å². The van der Waals surface area contributed by atoms with E-state index in [4.69, 9.17) is 11.5 Å². The number of sulfone groups is 1. The molecule has 0 heterocycles. The predicted octanol–water partition coefficient (Wildman–Crippen LogP) is 0.952. The molecule has 0 spiro atoms. The van der Waals surface area contributed by atoms with Gasteiger partial charge in [0.1, 0.15) is 0 Å². The lowest BCUT2D eigenvalue weighted by atomic mass is 9.96. The quantitative estimate of drug-likeness (QED) is 0.773. The molecule has 4 N–H and O–H groups in total. The van der Waals surface area contributed by atoms with Crippen LogP contribution < -0.4 is 11.5 Å². The predicted molar refractivity (Wildman–Crippen MR) is 65.9 cm³/mol. The van der Waals surface area contributed by atoms with Gasteiger partial charge in [0.25, 0.3) is 0 Å². The average Bonchev–Trinajstić information content (AvgIpc) is 2.04. The van der Waals surface area contributed by atoms with Crippen molar-refractivity contribution in [2.24, 2.45) is 5.73 Å². The highest BCUT2D eigenvalue weighted by Crippen LogP contribution is 2.21. The van der Waals surface area contributed by atoms with Crippen molar-refractivity contribution < 1.29 is 8.42 Å². The lowest BCUT2D eigenvalue weighted by Crippen LogP contribution is -2.34. The largest absolute Gasteiger partial charge is 0.398 e. The number of hydrogen-bond acceptors (Lipinski definition) is 4. The molecule has 1 aromatic carbocycles. The fourth-order valence-corrected chi connectivity index (χ4v) is 2.40. The summed E-state index contributed by atoms with van der Waals surface area (Å²) < 4.78 is 22.9. The van der Waals surface area contributed by atoms with Crippen molar-refractivity contribution in [3.05, 3.63) is 23.8 Å². The van der Waals surface area contributed by atoms with Crippen molar-refractivity contribution in [1.82, 2.24) is 0 Å². The summed E-state index contributed by atoms with van der Waals surface area (Å²) in [5.41, 5.74) is 12.3. The molecule has 0 fully saturated rings. The van der Waals surface area contributed by atoms with Crippen molar-refractivity contribution in [2.75, 3.05) is 12.0 Å². The molecular formula is C11H18N2O2S. The third-order valence-electron chi connectivity index (χ3n) is 2.14. The Hall–Kier alpha value is -1.07. The number of nitrogens with two attached hydrogens (primary N) is 2. The molecule has 0 bridgehead atoms. The summed E-state index contributed by atoms with van der Waals surface area (Å²) in [4.78, 5) is 0.175. The molecule has 0 aliphatic heterocycles. The Morgan fingerprint density at radius 1 is 1.31 bits per heavy atom. The van der Waals surface area contributed by atoms with Gasteiger partial charge in [0.05, 0.1) is 10.6 Å². The average molecular weight is 242 g/mol. The first-order valence-corrected chi connectivity index (χ1v) is 6.86. The standard InChI is InChI=1S/C11H18N2O2S/c1-11(2,13)7-8-4-5-9(12)10(6-8)16(3,14)15/h4-6H,7,12-13H2,1-3H3. The van der Waals surface area contributed by atoms with Crippen LogP contribution in [0.3, 0.4) is 0 Å². The van der Waals surface area contributed by atoms with Gasteiger partial charge >= 0.3 is 0 Å². The molecule has 0 atom stereocenters. The molecule has 0 saturated carbocycles. The molecule has 1 rings (SSSR count). The summed E-state index contributed by atoms with van der Waals surface area (Å²) >= 11 is 0. The first-order chi connectivity index (χ1) is 7.09. The van der Waals surface area contributed by atoms with E-state index in [1.165, 1.54) is 0 Å². The van der Waals surface area contributed by atoms with Gasteiger partial charge in [-0.15, -0.1) is 0 Å². The molecule has 0 amide bonds. The van der Waals surface area contributed by atoms with E-state index >= 15 is 0 Å². The van der Waals surface area contributed by atoms with Gasteiger partial charge in [0.15, 0.2) is 9.84 Å². The van der Waals surface area contributed by atoms with Crippen LogP contribution in [0.15, 0.2) is 23.1 Å². The molecule has 0 aliphatic rings. The molecule has 16 heavy (non-hydrogen) atoms. The maximum atomic E-state index is 11.5. The number of rotatable bonds is 3. The van der Waals surface area contributed by atoms with Gasteiger partial charge in [-0.1, -0.05) is 6.07 Å². The molecule has 0 aliphatic carbocycles. The van der Waals surface area contributed by atoms with E-state index in [0.29, 0.717) is 6.42 Å². The van der Waals surface area contributed by atoms with Crippen LogP contribution in [0.5, 0.6) is 0 Å². The monoisotopic (exact) mass is 242 g/mol. The van der Waals surface area contributed by atoms with E-state index in [0.717, 1.165) is 11.8 Å². The van der Waals surface area contributed by atoms with Gasteiger partial charge in [0, 0.05) is 11.8 Å². The molecule has 90 valence electrons. The van der Waals surface area contributed by atoms with Crippen LogP contribution in [-0.2, 0) is 16.3 Å². The van der Waals surface area contributed by atoms with Crippen molar-refractivity contribution in [1.29, 1.82) is 0 Å². The second kappa shape index (κ2) is 4.07. The van der Waals surface area contributed by atoms with Crippen molar-refractivity contribution in [3.8, 4) is 0 Å². The SMILES string of the molecule is CC(C)(N)Cc1ccc(N)c(S(C)(=O)=O)c1. The minimum absolute atomic E-state index is 0.175. The Morgan fingerprint density at radius 2 is 1.88 bits per heavy atom. The fourth-order valence-electron chi connectivity index (χ4n) is 1.54. The zero-order valence-electron chi connectivity index (χ0n) is 9.82. The van der Waals surface area contributed by atoms with Crippen LogP contribution in [0.2, 0.25) is 0 Å². The lowest BCUT2D eigenvalue weighted by molar-refractivity contribution is 0.516. The highest BCUT2D eigenvalue weighted by molar-refractivity contribution is 7.90. The van der Waals surface area contributed by atoms with E-state index in [1.807, 2.05) is 13.8 Å². The van der Waals surface area contributed by atoms with E-state index in [9.17, 15) is 8.42 Å². The molecule has 0 aromatic heterocycles. The molecule has 4 nitrogen and oxygen atoms in total. The summed E-state index contributed by atoms with van der Waals surface area (Å²) in [5.74, 6) is 0. The van der Waals surface area contributed by atoms with Crippen LogP contribution in [-0.4, -0.2) is 20.2 Å². The van der Waals surface area contributed by atoms with E-state index in [1.54, 1.807) is 18.2 Å². The zero-order chi connectivity index (χ0) is 12.6. The van der Waals surface area contributed by atoms with Crippen LogP contribution >= 0.6 is 0 Å². The second-order valence-corrected chi connectivity index (χ2v) is 6.79. The van der Waals surface area contributed by atoms with Crippen molar-refractivity contribution in [2.45, 2.75) is 30.7 Å². The van der Waals surface area contributed by atoms with Crippen LogP contribution in [0.1, 0.15) is 19.4 Å². The highest BCUT2D eigenvalue weighted by atomic mass is 32.2. The fraction of sp³-hybridized carbons (Fsp3) is 0.455. The van der Waals surface area contributed by atoms with Crippen LogP contribution in [0, 0.1) is 0 Å². The molecule has 0 saturated heterocycles. The van der Waals surface area contributed by atoms with Gasteiger partial charge in [0.2, 0.25) is 0 Å². The summed E-state index contributed by atoms with van der Waals surface area (Å²) in [7, 11) is -3.28. The lowest BCUT2D eigenvalue weighted by Gasteiger charge is -2.19. The number of benzene rings is 1. The van der Waals surface area contributed by atoms with Gasteiger partial charge in [-0.05, 0) is 38.0 Å². The number of anilines is 1. The van der Waals surface area contributed by atoms with E-state index in [-0.39, 0.29) is 16.1 Å². The normalized spacial score (nSPS) is 12.8. The third-order valence-corrected chi connectivity index (χ3v) is 3.29. The topological polar surface area (TPSA) is 86.2 Å². The summed E-state index contributed by atoms with van der Waals surface area (Å²) in [6.07, 6.45) is 1.76. The smallest absolute Gasteiger partial charge is 0.177 e. The van der Waals surface area contributed by atoms with Gasteiger partial charge in [-0.3, -0.25) is 0 Å². The zero-order valence-corrected chi connectivity index (χ0v) is 10.6. The Labute approximate surface area is 96.6 Å². The van der Waals surface area contributed by atoms with Crippen molar-refractivity contribution >= 4 is 15.5 Å². The summed E-state index contributed by atoms with van der Waals surface area (Å²) in [5, 5.41) is 0. The van der Waals surface area contributed by atoms with Crippen LogP contribution in [0.25, 0.3) is 0 Å². The molecule has 1 aromatic rings. The Bertz CT molecular complexity index is 487. The van der Waals surface area contributed by atoms with Gasteiger partial charge in [-0.2, -0.15) is 0 Å². The Balaban J connectivity index is 3.19. The van der Waals surface area contributed by atoms with Gasteiger partial charge < -0.3 is 11.5 Å². The summed E-state index contributed by atoms with van der Waals surface area (Å²) in [6.45, 7) is 3.78. The number of nitrogen functional groups attached to an aromatic ring is 1. The first kappa shape index (κ1) is 13.0. The summed E-state index contributed by atoms with van der Waals surface area (Å²) in [6, 6.07) is 5.01. The number of hydrogen-bond donors (Lipinski definition) is 2. The Kier molecular flexibility index (Phi) is 3.30. The maximum absolute atomic E-state index is 11.5. The minimum Gasteiger partial charge on any atom is -0.398 e. The van der Waals surface area contributed by atoms with Gasteiger partial charge in [-0.25, -0.2) is 8.42 Å². The second-order valence-electron chi connectivity index (χ2n) is 4.81. The van der Waals surface area contributed by atoms with E-state index in [2.05, 4.69) is 0 Å². The molecule has 0 radical (unpaired) electrons. The Morgan fingerprint density at radius 3 is 2.31 bits per heavy atom. The minimum atomic E-state index is -3.28. The molecule has 5 heteroatoms. The van der Waals surface area contributed by atoms with Crippen molar-refractivity contribution in [3.63, 3.8) is 0 Å². The maximum Gasteiger partial charge on any atom is 0.177 e. The third kappa shape index (κ3) is 3.50. The first-order valence-electron chi connectivity index (χ1n) is 4.97. The molecular weight excluding hydrogens is 224 g/mol. The van der Waals surface area contributed by atoms with E-state index < -0.39 is 9.84 Å². The highest BCUT2D eigenvalue weighted by Gasteiger charge is 2.16. The molecule has 0 unspecified atom stereocenters.